The molecular weight excluding hydrogens is 572 g/mol. The smallest absolute Gasteiger partial charge is 0.253 e. The number of fused-ring (bicyclic) bond motifs is 1. The third kappa shape index (κ3) is 7.59. The predicted octanol–water partition coefficient (Wildman–Crippen LogP) is 5.78. The van der Waals surface area contributed by atoms with Crippen LogP contribution in [0.5, 0.6) is 0 Å². The number of amides is 3. The fourth-order valence-corrected chi connectivity index (χ4v) is 5.89. The second-order valence-corrected chi connectivity index (χ2v) is 12.4. The lowest BCUT2D eigenvalue weighted by Gasteiger charge is -2.29. The number of furan rings is 1. The summed E-state index contributed by atoms with van der Waals surface area (Å²) in [6.45, 7) is 4.34. The van der Waals surface area contributed by atoms with Crippen molar-refractivity contribution in [2.75, 3.05) is 17.8 Å². The molecule has 228 valence electrons. The van der Waals surface area contributed by atoms with Gasteiger partial charge in [-0.05, 0) is 86.0 Å². The first-order chi connectivity index (χ1) is 21.2. The van der Waals surface area contributed by atoms with Crippen LogP contribution in [0.4, 0.5) is 5.69 Å². The van der Waals surface area contributed by atoms with Gasteiger partial charge in [0, 0.05) is 28.1 Å². The number of anilines is 1. The Bertz CT molecular complexity index is 1600. The summed E-state index contributed by atoms with van der Waals surface area (Å²) in [5.41, 5.74) is 3.48. The molecule has 0 saturated heterocycles. The van der Waals surface area contributed by atoms with Crippen LogP contribution in [0.1, 0.15) is 48.4 Å². The van der Waals surface area contributed by atoms with E-state index in [-0.39, 0.29) is 30.8 Å². The molecule has 0 saturated carbocycles. The molecule has 2 heterocycles. The van der Waals surface area contributed by atoms with Gasteiger partial charge in [-0.2, -0.15) is 0 Å². The first-order valence-electron chi connectivity index (χ1n) is 14.7. The summed E-state index contributed by atoms with van der Waals surface area (Å²) in [7, 11) is 0. The summed E-state index contributed by atoms with van der Waals surface area (Å²) in [5, 5.41) is 9.32. The third-order valence-electron chi connectivity index (χ3n) is 7.76. The van der Waals surface area contributed by atoms with Gasteiger partial charge in [0.15, 0.2) is 0 Å². The Balaban J connectivity index is 1.32. The fourth-order valence-electron chi connectivity index (χ4n) is 5.43. The topological polar surface area (TPSA) is 104 Å². The Morgan fingerprint density at radius 1 is 1.00 bits per heavy atom. The van der Waals surface area contributed by atoms with Crippen LogP contribution >= 0.6 is 11.8 Å². The van der Waals surface area contributed by atoms with E-state index in [2.05, 4.69) is 22.0 Å². The molecule has 1 aliphatic rings. The molecule has 0 radical (unpaired) electrons. The van der Waals surface area contributed by atoms with Crippen LogP contribution in [0.2, 0.25) is 0 Å². The lowest BCUT2D eigenvalue weighted by molar-refractivity contribution is -0.128. The molecule has 0 fully saturated rings. The highest BCUT2D eigenvalue weighted by Gasteiger charge is 2.33. The summed E-state index contributed by atoms with van der Waals surface area (Å²) in [6.07, 6.45) is 4.87. The second-order valence-electron chi connectivity index (χ2n) is 11.5. The summed E-state index contributed by atoms with van der Waals surface area (Å²) in [4.78, 5) is 43.4. The van der Waals surface area contributed by atoms with E-state index in [1.807, 2.05) is 92.9 Å². The highest BCUT2D eigenvalue weighted by Crippen LogP contribution is 2.31. The van der Waals surface area contributed by atoms with Crippen LogP contribution in [0.3, 0.4) is 0 Å². The van der Waals surface area contributed by atoms with Crippen LogP contribution in [-0.2, 0) is 22.6 Å². The first kappa shape index (κ1) is 31.1. The summed E-state index contributed by atoms with van der Waals surface area (Å²) < 4.78 is 5.39. The number of thioether (sulfide) groups is 1. The standard InChI is InChI=1S/C35H38N4O4S/c1-35(2,37-22-26-12-9-19-43-26)21-32(40)38-30-17-15-25-20-27(44-3)16-18-31(25)39(34(30)42)23-36-33(41)29-14-8-7-13-28(29)24-10-5-4-6-11-24/h4-14,16,18-20,30,37H,15,17,21-23H2,1-3H3,(H,36,41)(H,38,40)/t30-/m1/s1. The van der Waals surface area contributed by atoms with E-state index < -0.39 is 11.6 Å². The Morgan fingerprint density at radius 3 is 2.52 bits per heavy atom. The highest BCUT2D eigenvalue weighted by molar-refractivity contribution is 7.98. The molecule has 3 N–H and O–H groups in total. The number of hydrogen-bond donors (Lipinski definition) is 3. The predicted molar refractivity (Wildman–Crippen MR) is 174 cm³/mol. The van der Waals surface area contributed by atoms with Crippen molar-refractivity contribution in [1.82, 2.24) is 16.0 Å². The van der Waals surface area contributed by atoms with Crippen LogP contribution in [0, 0.1) is 0 Å². The van der Waals surface area contributed by atoms with Gasteiger partial charge >= 0.3 is 0 Å². The van der Waals surface area contributed by atoms with E-state index in [9.17, 15) is 14.4 Å². The molecule has 5 rings (SSSR count). The number of hydrogen-bond acceptors (Lipinski definition) is 6. The Morgan fingerprint density at radius 2 is 1.77 bits per heavy atom. The van der Waals surface area contributed by atoms with Crippen molar-refractivity contribution in [2.24, 2.45) is 0 Å². The molecule has 3 aromatic carbocycles. The van der Waals surface area contributed by atoms with E-state index in [0.717, 1.165) is 33.0 Å². The summed E-state index contributed by atoms with van der Waals surface area (Å²) >= 11 is 1.63. The van der Waals surface area contributed by atoms with Gasteiger partial charge in [0.05, 0.1) is 19.5 Å². The minimum atomic E-state index is -0.734. The average Bonchev–Trinajstić information content (AvgIpc) is 3.52. The Labute approximate surface area is 262 Å². The van der Waals surface area contributed by atoms with Crippen molar-refractivity contribution >= 4 is 35.2 Å². The van der Waals surface area contributed by atoms with Gasteiger partial charge in [0.1, 0.15) is 11.8 Å². The maximum absolute atomic E-state index is 14.0. The van der Waals surface area contributed by atoms with Gasteiger partial charge in [-0.25, -0.2) is 0 Å². The molecule has 0 spiro atoms. The number of nitrogens with zero attached hydrogens (tertiary/aromatic N) is 1. The van der Waals surface area contributed by atoms with Crippen LogP contribution < -0.4 is 20.9 Å². The molecule has 0 bridgehead atoms. The van der Waals surface area contributed by atoms with E-state index in [1.165, 1.54) is 0 Å². The Kier molecular flexibility index (Phi) is 9.87. The normalized spacial score (nSPS) is 14.9. The summed E-state index contributed by atoms with van der Waals surface area (Å²) in [6, 6.07) is 26.1. The molecule has 44 heavy (non-hydrogen) atoms. The Hall–Kier alpha value is -4.34. The zero-order valence-electron chi connectivity index (χ0n) is 25.3. The molecule has 0 aliphatic carbocycles. The van der Waals surface area contributed by atoms with Crippen molar-refractivity contribution in [1.29, 1.82) is 0 Å². The lowest BCUT2D eigenvalue weighted by atomic mass is 9.99. The molecule has 3 amide bonds. The minimum Gasteiger partial charge on any atom is -0.468 e. The van der Waals surface area contributed by atoms with Gasteiger partial charge < -0.3 is 20.4 Å². The zero-order valence-corrected chi connectivity index (χ0v) is 26.1. The van der Waals surface area contributed by atoms with E-state index in [4.69, 9.17) is 4.42 Å². The highest BCUT2D eigenvalue weighted by atomic mass is 32.2. The average molecular weight is 611 g/mol. The van der Waals surface area contributed by atoms with Crippen molar-refractivity contribution in [3.8, 4) is 11.1 Å². The molecule has 1 atom stereocenters. The van der Waals surface area contributed by atoms with Crippen molar-refractivity contribution in [3.63, 3.8) is 0 Å². The molecular formula is C35H38N4O4S. The van der Waals surface area contributed by atoms with Gasteiger partial charge in [0.25, 0.3) is 11.8 Å². The molecule has 4 aromatic rings. The summed E-state index contributed by atoms with van der Waals surface area (Å²) in [5.74, 6) is 0.0152. The van der Waals surface area contributed by atoms with Gasteiger partial charge in [-0.1, -0.05) is 48.5 Å². The fraction of sp³-hybridized carbons (Fsp3) is 0.286. The largest absolute Gasteiger partial charge is 0.468 e. The number of benzene rings is 3. The maximum atomic E-state index is 14.0. The maximum Gasteiger partial charge on any atom is 0.253 e. The van der Waals surface area contributed by atoms with Crippen molar-refractivity contribution < 1.29 is 18.8 Å². The number of carbonyl (C=O) groups is 3. The second kappa shape index (κ2) is 14.0. The van der Waals surface area contributed by atoms with Crippen molar-refractivity contribution in [3.05, 3.63) is 108 Å². The van der Waals surface area contributed by atoms with Crippen LogP contribution in [0.25, 0.3) is 11.1 Å². The molecule has 1 aromatic heterocycles. The number of carbonyl (C=O) groups excluding carboxylic acids is 3. The third-order valence-corrected chi connectivity index (χ3v) is 8.48. The van der Waals surface area contributed by atoms with Crippen molar-refractivity contribution in [2.45, 2.75) is 56.1 Å². The lowest BCUT2D eigenvalue weighted by Crippen LogP contribution is -2.52. The molecule has 9 heteroatoms. The van der Waals surface area contributed by atoms with Gasteiger partial charge in [-0.3, -0.25) is 19.3 Å². The van der Waals surface area contributed by atoms with E-state index >= 15 is 0 Å². The SMILES string of the molecule is CSc1ccc2c(c1)CC[C@@H](NC(=O)CC(C)(C)NCc1ccco1)C(=O)N2CNC(=O)c1ccccc1-c1ccccc1. The monoisotopic (exact) mass is 610 g/mol. The van der Waals surface area contributed by atoms with Gasteiger partial charge in [0.2, 0.25) is 5.91 Å². The quantitative estimate of drug-likeness (QED) is 0.186. The molecule has 0 unspecified atom stereocenters. The zero-order chi connectivity index (χ0) is 31.1. The number of aryl methyl sites for hydroxylation is 1. The van der Waals surface area contributed by atoms with Crippen LogP contribution in [-0.4, -0.2) is 42.2 Å². The number of nitrogens with one attached hydrogen (secondary N) is 3. The van der Waals surface area contributed by atoms with Crippen LogP contribution in [0.15, 0.2) is 101 Å². The number of rotatable bonds is 11. The molecule has 1 aliphatic heterocycles. The minimum absolute atomic E-state index is 0.0328. The molecule has 8 nitrogen and oxygen atoms in total. The van der Waals surface area contributed by atoms with E-state index in [0.29, 0.717) is 24.9 Å². The first-order valence-corrected chi connectivity index (χ1v) is 15.9. The van der Waals surface area contributed by atoms with E-state index in [1.54, 1.807) is 29.0 Å². The van der Waals surface area contributed by atoms with Gasteiger partial charge in [-0.15, -0.1) is 11.8 Å².